The number of carbonyl (C=O) groups is 2. The standard InChI is InChI=1S/C16H23N3O4S/c1-9(2)11-6-5-7-12(10(3)4)14(11)18-16(21)19-24(22,23)13-8-17-15(13)20/h5-7,9-10,13H,8H2,1-4H3,(H,17,20)(H2,18,19,21). The van der Waals surface area contributed by atoms with Crippen molar-refractivity contribution in [3.8, 4) is 0 Å². The molecule has 1 heterocycles. The maximum atomic E-state index is 12.2. The zero-order valence-electron chi connectivity index (χ0n) is 14.2. The molecule has 0 aromatic heterocycles. The lowest BCUT2D eigenvalue weighted by molar-refractivity contribution is -0.124. The molecule has 0 radical (unpaired) electrons. The van der Waals surface area contributed by atoms with Crippen molar-refractivity contribution in [1.82, 2.24) is 10.0 Å². The SMILES string of the molecule is CC(C)c1cccc(C(C)C)c1NC(=O)NS(=O)(=O)C1CNC1=O. The van der Waals surface area contributed by atoms with Gasteiger partial charge in [-0.3, -0.25) is 4.79 Å². The zero-order chi connectivity index (χ0) is 18.1. The Kier molecular flexibility index (Phi) is 5.17. The molecule has 1 aromatic rings. The van der Waals surface area contributed by atoms with Gasteiger partial charge in [-0.1, -0.05) is 45.9 Å². The van der Waals surface area contributed by atoms with Crippen LogP contribution in [0.1, 0.15) is 50.7 Å². The molecule has 0 saturated carbocycles. The molecule has 0 bridgehead atoms. The highest BCUT2D eigenvalue weighted by atomic mass is 32.2. The molecule has 24 heavy (non-hydrogen) atoms. The van der Waals surface area contributed by atoms with Crippen molar-refractivity contribution >= 4 is 27.6 Å². The number of rotatable bonds is 5. The quantitative estimate of drug-likeness (QED) is 0.703. The van der Waals surface area contributed by atoms with Crippen molar-refractivity contribution in [2.75, 3.05) is 11.9 Å². The largest absolute Gasteiger partial charge is 0.353 e. The number of amides is 3. The normalized spacial score (nSPS) is 17.4. The van der Waals surface area contributed by atoms with Crippen molar-refractivity contribution in [1.29, 1.82) is 0 Å². The van der Waals surface area contributed by atoms with E-state index < -0.39 is 27.2 Å². The number of hydrogen-bond donors (Lipinski definition) is 3. The molecule has 1 unspecified atom stereocenters. The summed E-state index contributed by atoms with van der Waals surface area (Å²) in [6.07, 6.45) is 0. The van der Waals surface area contributed by atoms with Gasteiger partial charge in [-0.25, -0.2) is 17.9 Å². The molecule has 3 amide bonds. The van der Waals surface area contributed by atoms with Crippen LogP contribution in [0.25, 0.3) is 0 Å². The Labute approximate surface area is 142 Å². The van der Waals surface area contributed by atoms with Crippen molar-refractivity contribution < 1.29 is 18.0 Å². The van der Waals surface area contributed by atoms with Crippen LogP contribution in [0, 0.1) is 0 Å². The lowest BCUT2D eigenvalue weighted by atomic mass is 9.93. The van der Waals surface area contributed by atoms with Gasteiger partial charge < -0.3 is 10.6 Å². The minimum Gasteiger partial charge on any atom is -0.353 e. The number of carbonyl (C=O) groups excluding carboxylic acids is 2. The molecule has 1 aromatic carbocycles. The molecular formula is C16H23N3O4S. The summed E-state index contributed by atoms with van der Waals surface area (Å²) in [4.78, 5) is 23.4. The maximum absolute atomic E-state index is 12.2. The van der Waals surface area contributed by atoms with E-state index in [4.69, 9.17) is 0 Å². The highest BCUT2D eigenvalue weighted by molar-refractivity contribution is 7.91. The van der Waals surface area contributed by atoms with Crippen molar-refractivity contribution in [2.45, 2.75) is 44.8 Å². The molecule has 1 saturated heterocycles. The summed E-state index contributed by atoms with van der Waals surface area (Å²) < 4.78 is 26.0. The smallest absolute Gasteiger partial charge is 0.332 e. The Hall–Kier alpha value is -2.09. The number of sulfonamides is 1. The van der Waals surface area contributed by atoms with Gasteiger partial charge >= 0.3 is 6.03 Å². The molecule has 1 aliphatic heterocycles. The number of urea groups is 1. The van der Waals surface area contributed by atoms with Gasteiger partial charge in [0.1, 0.15) is 0 Å². The monoisotopic (exact) mass is 353 g/mol. The lowest BCUT2D eigenvalue weighted by Gasteiger charge is -2.26. The number of hydrogen-bond acceptors (Lipinski definition) is 4. The summed E-state index contributed by atoms with van der Waals surface area (Å²) in [6, 6.07) is 4.87. The van der Waals surface area contributed by atoms with E-state index in [2.05, 4.69) is 10.6 Å². The first-order valence-corrected chi connectivity index (χ1v) is 9.41. The van der Waals surface area contributed by atoms with Crippen LogP contribution >= 0.6 is 0 Å². The summed E-state index contributed by atoms with van der Waals surface area (Å²) in [5, 5.41) is 3.79. The van der Waals surface area contributed by atoms with Crippen LogP contribution < -0.4 is 15.4 Å². The molecule has 7 nitrogen and oxygen atoms in total. The number of para-hydroxylation sites is 1. The van der Waals surface area contributed by atoms with Gasteiger partial charge in [0, 0.05) is 12.2 Å². The van der Waals surface area contributed by atoms with Crippen LogP contribution in [0.2, 0.25) is 0 Å². The first-order chi connectivity index (χ1) is 11.1. The molecule has 2 rings (SSSR count). The van der Waals surface area contributed by atoms with Crippen LogP contribution in [-0.2, 0) is 14.8 Å². The predicted molar refractivity (Wildman–Crippen MR) is 92.5 cm³/mol. The van der Waals surface area contributed by atoms with Crippen molar-refractivity contribution in [2.24, 2.45) is 0 Å². The summed E-state index contributed by atoms with van der Waals surface area (Å²) in [5.74, 6) is -0.276. The Morgan fingerprint density at radius 2 is 1.71 bits per heavy atom. The van der Waals surface area contributed by atoms with E-state index in [1.54, 1.807) is 0 Å². The third-order valence-electron chi connectivity index (χ3n) is 3.98. The fourth-order valence-electron chi connectivity index (χ4n) is 2.55. The van der Waals surface area contributed by atoms with E-state index in [0.717, 1.165) is 11.1 Å². The first kappa shape index (κ1) is 18.3. The van der Waals surface area contributed by atoms with Crippen LogP contribution in [0.3, 0.4) is 0 Å². The molecule has 0 spiro atoms. The number of β-lactam (4-membered cyclic amide) rings is 1. The topological polar surface area (TPSA) is 104 Å². The molecule has 1 fully saturated rings. The minimum absolute atomic E-state index is 0.0152. The number of nitrogens with one attached hydrogen (secondary N) is 3. The van der Waals surface area contributed by atoms with Crippen molar-refractivity contribution in [3.05, 3.63) is 29.3 Å². The van der Waals surface area contributed by atoms with E-state index >= 15 is 0 Å². The molecule has 1 atom stereocenters. The van der Waals surface area contributed by atoms with Gasteiger partial charge in [0.2, 0.25) is 15.9 Å². The van der Waals surface area contributed by atoms with Crippen molar-refractivity contribution in [3.63, 3.8) is 0 Å². The van der Waals surface area contributed by atoms with Gasteiger partial charge in [0.05, 0.1) is 0 Å². The Morgan fingerprint density at radius 3 is 2.08 bits per heavy atom. The van der Waals surface area contributed by atoms with Gasteiger partial charge in [-0.05, 0) is 23.0 Å². The second-order valence-corrected chi connectivity index (χ2v) is 8.32. The van der Waals surface area contributed by atoms with E-state index in [9.17, 15) is 18.0 Å². The number of benzene rings is 1. The summed E-state index contributed by atoms with van der Waals surface area (Å²) in [6.45, 7) is 8.01. The second kappa shape index (κ2) is 6.80. The fraction of sp³-hybridized carbons (Fsp3) is 0.500. The van der Waals surface area contributed by atoms with Crippen LogP contribution in [-0.4, -0.2) is 32.2 Å². The van der Waals surface area contributed by atoms with Crippen LogP contribution in [0.4, 0.5) is 10.5 Å². The average molecular weight is 353 g/mol. The van der Waals surface area contributed by atoms with Gasteiger partial charge in [-0.2, -0.15) is 0 Å². The molecule has 8 heteroatoms. The molecular weight excluding hydrogens is 330 g/mol. The fourth-order valence-corrected chi connectivity index (χ4v) is 3.67. The Bertz CT molecular complexity index is 730. The van der Waals surface area contributed by atoms with Gasteiger partial charge in [0.25, 0.3) is 0 Å². The molecule has 3 N–H and O–H groups in total. The summed E-state index contributed by atoms with van der Waals surface area (Å²) >= 11 is 0. The maximum Gasteiger partial charge on any atom is 0.332 e. The third-order valence-corrected chi connectivity index (χ3v) is 5.57. The van der Waals surface area contributed by atoms with Gasteiger partial charge in [0.15, 0.2) is 5.25 Å². The predicted octanol–water partition coefficient (Wildman–Crippen LogP) is 1.88. The average Bonchev–Trinajstić information content (AvgIpc) is 2.43. The first-order valence-electron chi connectivity index (χ1n) is 7.86. The van der Waals surface area contributed by atoms with Gasteiger partial charge in [-0.15, -0.1) is 0 Å². The highest BCUT2D eigenvalue weighted by Gasteiger charge is 2.40. The van der Waals surface area contributed by atoms with E-state index in [1.807, 2.05) is 50.6 Å². The van der Waals surface area contributed by atoms with E-state index in [0.29, 0.717) is 5.69 Å². The summed E-state index contributed by atoms with van der Waals surface area (Å²) in [7, 11) is -4.03. The van der Waals surface area contributed by atoms with E-state index in [1.165, 1.54) is 0 Å². The minimum atomic E-state index is -4.03. The van der Waals surface area contributed by atoms with Crippen LogP contribution in [0.15, 0.2) is 18.2 Å². The Balaban J connectivity index is 2.24. The number of anilines is 1. The van der Waals surface area contributed by atoms with E-state index in [-0.39, 0.29) is 18.4 Å². The lowest BCUT2D eigenvalue weighted by Crippen LogP contribution is -2.60. The Morgan fingerprint density at radius 1 is 1.17 bits per heavy atom. The highest BCUT2D eigenvalue weighted by Crippen LogP contribution is 2.32. The molecule has 0 aliphatic carbocycles. The zero-order valence-corrected chi connectivity index (χ0v) is 15.0. The van der Waals surface area contributed by atoms with Crippen LogP contribution in [0.5, 0.6) is 0 Å². The molecule has 1 aliphatic rings. The molecule has 132 valence electrons. The third kappa shape index (κ3) is 3.69. The second-order valence-electron chi connectivity index (χ2n) is 6.46. The summed E-state index contributed by atoms with van der Waals surface area (Å²) in [5.41, 5.74) is 2.47.